The van der Waals surface area contributed by atoms with Crippen molar-refractivity contribution in [2.75, 3.05) is 0 Å². The number of nitrogens with two attached hydrogens (primary N) is 1. The van der Waals surface area contributed by atoms with Crippen LogP contribution in [0.25, 0.3) is 0 Å². The van der Waals surface area contributed by atoms with Gasteiger partial charge in [0.2, 0.25) is 5.89 Å². The minimum atomic E-state index is 0.311. The van der Waals surface area contributed by atoms with E-state index in [9.17, 15) is 0 Å². The maximum Gasteiger partial charge on any atom is 0.229 e. The highest BCUT2D eigenvalue weighted by molar-refractivity contribution is 7.99. The van der Waals surface area contributed by atoms with Crippen molar-refractivity contribution < 1.29 is 4.52 Å². The van der Waals surface area contributed by atoms with Crippen molar-refractivity contribution in [3.63, 3.8) is 0 Å². The lowest BCUT2D eigenvalue weighted by Crippen LogP contribution is -2.14. The van der Waals surface area contributed by atoms with E-state index in [1.165, 1.54) is 0 Å². The number of nitrogens with zero attached hydrogens (tertiary/aromatic N) is 2. The molecule has 16 heavy (non-hydrogen) atoms. The summed E-state index contributed by atoms with van der Waals surface area (Å²) >= 11 is 1.83. The molecule has 2 atom stereocenters. The molecule has 1 heterocycles. The molecule has 0 amide bonds. The molecule has 1 fully saturated rings. The summed E-state index contributed by atoms with van der Waals surface area (Å²) in [6, 6.07) is 0.311. The van der Waals surface area contributed by atoms with Gasteiger partial charge in [0.1, 0.15) is 0 Å². The second-order valence-electron chi connectivity index (χ2n) is 4.68. The van der Waals surface area contributed by atoms with Crippen molar-refractivity contribution in [2.45, 2.75) is 56.1 Å². The van der Waals surface area contributed by atoms with Gasteiger partial charge in [-0.1, -0.05) is 19.0 Å². The number of thioether (sulfide) groups is 1. The lowest BCUT2D eigenvalue weighted by molar-refractivity contribution is 0.350. The number of hydrogen-bond donors (Lipinski definition) is 1. The first kappa shape index (κ1) is 11.9. The van der Waals surface area contributed by atoms with E-state index in [4.69, 9.17) is 10.3 Å². The molecule has 90 valence electrons. The van der Waals surface area contributed by atoms with Crippen molar-refractivity contribution in [3.8, 4) is 0 Å². The van der Waals surface area contributed by atoms with Crippen molar-refractivity contribution in [3.05, 3.63) is 11.7 Å². The SMILES string of the molecule is CC(C)SCc1noc(C2CCC(N)C2)n1. The van der Waals surface area contributed by atoms with Gasteiger partial charge >= 0.3 is 0 Å². The number of rotatable bonds is 4. The summed E-state index contributed by atoms with van der Waals surface area (Å²) in [7, 11) is 0. The summed E-state index contributed by atoms with van der Waals surface area (Å²) in [6.07, 6.45) is 3.14. The molecule has 1 aromatic heterocycles. The Balaban J connectivity index is 1.91. The van der Waals surface area contributed by atoms with Crippen LogP contribution in [0.5, 0.6) is 0 Å². The standard InChI is InChI=1S/C11H19N3OS/c1-7(2)16-6-10-13-11(15-14-10)8-3-4-9(12)5-8/h7-9H,3-6,12H2,1-2H3. The minimum Gasteiger partial charge on any atom is -0.339 e. The fourth-order valence-electron chi connectivity index (χ4n) is 1.97. The van der Waals surface area contributed by atoms with E-state index >= 15 is 0 Å². The predicted molar refractivity (Wildman–Crippen MR) is 65.3 cm³/mol. The van der Waals surface area contributed by atoms with E-state index in [1.807, 2.05) is 11.8 Å². The van der Waals surface area contributed by atoms with Crippen LogP contribution in [-0.4, -0.2) is 21.4 Å². The van der Waals surface area contributed by atoms with Crippen molar-refractivity contribution in [1.29, 1.82) is 0 Å². The average Bonchev–Trinajstić information content (AvgIpc) is 2.83. The molecule has 0 aromatic carbocycles. The summed E-state index contributed by atoms with van der Waals surface area (Å²) in [4.78, 5) is 4.44. The Bertz CT molecular complexity index is 340. The fraction of sp³-hybridized carbons (Fsp3) is 0.818. The average molecular weight is 241 g/mol. The summed E-state index contributed by atoms with van der Waals surface area (Å²) in [5.74, 6) is 2.82. The monoisotopic (exact) mass is 241 g/mol. The van der Waals surface area contributed by atoms with Gasteiger partial charge in [-0.3, -0.25) is 0 Å². The molecular weight excluding hydrogens is 222 g/mol. The van der Waals surface area contributed by atoms with E-state index < -0.39 is 0 Å². The van der Waals surface area contributed by atoms with Crippen molar-refractivity contribution in [2.24, 2.45) is 5.73 Å². The molecule has 1 aliphatic rings. The molecular formula is C11H19N3OS. The Morgan fingerprint density at radius 2 is 2.31 bits per heavy atom. The molecule has 2 N–H and O–H groups in total. The normalized spacial score (nSPS) is 25.5. The van der Waals surface area contributed by atoms with E-state index in [2.05, 4.69) is 24.0 Å². The molecule has 0 saturated heterocycles. The summed E-state index contributed by atoms with van der Waals surface area (Å²) in [6.45, 7) is 4.34. The third-order valence-electron chi connectivity index (χ3n) is 2.85. The number of aromatic nitrogens is 2. The summed E-state index contributed by atoms with van der Waals surface area (Å²) in [5, 5.41) is 4.61. The molecule has 2 rings (SSSR count). The Hall–Kier alpha value is -0.550. The van der Waals surface area contributed by atoms with E-state index in [1.54, 1.807) is 0 Å². The molecule has 5 heteroatoms. The largest absolute Gasteiger partial charge is 0.339 e. The maximum absolute atomic E-state index is 5.87. The Morgan fingerprint density at radius 3 is 2.94 bits per heavy atom. The quantitative estimate of drug-likeness (QED) is 0.876. The van der Waals surface area contributed by atoms with Crippen molar-refractivity contribution >= 4 is 11.8 Å². The second-order valence-corrected chi connectivity index (χ2v) is 6.24. The van der Waals surface area contributed by atoms with Crippen LogP contribution in [-0.2, 0) is 5.75 Å². The van der Waals surface area contributed by atoms with Crippen molar-refractivity contribution in [1.82, 2.24) is 10.1 Å². The van der Waals surface area contributed by atoms with E-state index in [0.717, 1.165) is 36.7 Å². The van der Waals surface area contributed by atoms with Crippen LogP contribution in [0.4, 0.5) is 0 Å². The van der Waals surface area contributed by atoms with Crippen LogP contribution in [0.2, 0.25) is 0 Å². The smallest absolute Gasteiger partial charge is 0.229 e. The highest BCUT2D eigenvalue weighted by Gasteiger charge is 2.27. The molecule has 4 nitrogen and oxygen atoms in total. The number of hydrogen-bond acceptors (Lipinski definition) is 5. The van der Waals surface area contributed by atoms with Gasteiger partial charge in [-0.05, 0) is 24.5 Å². The predicted octanol–water partition coefficient (Wildman–Crippen LogP) is 2.31. The lowest BCUT2D eigenvalue weighted by Gasteiger charge is -2.01. The highest BCUT2D eigenvalue weighted by Crippen LogP contribution is 2.32. The van der Waals surface area contributed by atoms with Gasteiger partial charge < -0.3 is 10.3 Å². The molecule has 0 spiro atoms. The zero-order valence-corrected chi connectivity index (χ0v) is 10.7. The highest BCUT2D eigenvalue weighted by atomic mass is 32.2. The van der Waals surface area contributed by atoms with E-state index in [-0.39, 0.29) is 0 Å². The third kappa shape index (κ3) is 2.98. The van der Waals surface area contributed by atoms with E-state index in [0.29, 0.717) is 17.2 Å². The first-order valence-corrected chi connectivity index (χ1v) is 6.89. The van der Waals surface area contributed by atoms with Crippen LogP contribution in [0.1, 0.15) is 50.7 Å². The third-order valence-corrected chi connectivity index (χ3v) is 3.94. The lowest BCUT2D eigenvalue weighted by atomic mass is 10.1. The zero-order valence-electron chi connectivity index (χ0n) is 9.85. The molecule has 1 aromatic rings. The van der Waals surface area contributed by atoms with Crippen LogP contribution >= 0.6 is 11.8 Å². The molecule has 0 bridgehead atoms. The van der Waals surface area contributed by atoms with Crippen LogP contribution in [0.3, 0.4) is 0 Å². The van der Waals surface area contributed by atoms with Gasteiger partial charge in [-0.15, -0.1) is 0 Å². The molecule has 0 radical (unpaired) electrons. The Kier molecular flexibility index (Phi) is 3.86. The van der Waals surface area contributed by atoms with Crippen LogP contribution in [0.15, 0.2) is 4.52 Å². The Morgan fingerprint density at radius 1 is 1.50 bits per heavy atom. The van der Waals surface area contributed by atoms with Gasteiger partial charge in [-0.25, -0.2) is 0 Å². The Labute approximate surface area is 100 Å². The van der Waals surface area contributed by atoms with Gasteiger partial charge in [0.05, 0.1) is 5.75 Å². The second kappa shape index (κ2) is 5.19. The van der Waals surface area contributed by atoms with Gasteiger partial charge in [-0.2, -0.15) is 16.7 Å². The first-order chi connectivity index (χ1) is 7.65. The van der Waals surface area contributed by atoms with Gasteiger partial charge in [0.15, 0.2) is 5.82 Å². The molecule has 1 saturated carbocycles. The summed E-state index contributed by atoms with van der Waals surface area (Å²) in [5.41, 5.74) is 5.87. The molecule has 0 aliphatic heterocycles. The zero-order chi connectivity index (χ0) is 11.5. The minimum absolute atomic E-state index is 0.311. The van der Waals surface area contributed by atoms with Gasteiger partial charge in [0.25, 0.3) is 0 Å². The molecule has 1 aliphatic carbocycles. The fourth-order valence-corrected chi connectivity index (χ4v) is 2.57. The maximum atomic E-state index is 5.87. The van der Waals surface area contributed by atoms with Crippen LogP contribution < -0.4 is 5.73 Å². The van der Waals surface area contributed by atoms with Crippen LogP contribution in [0, 0.1) is 0 Å². The molecule has 2 unspecified atom stereocenters. The van der Waals surface area contributed by atoms with Gasteiger partial charge in [0, 0.05) is 12.0 Å². The topological polar surface area (TPSA) is 64.9 Å². The summed E-state index contributed by atoms with van der Waals surface area (Å²) < 4.78 is 5.30. The first-order valence-electron chi connectivity index (χ1n) is 5.85.